The van der Waals surface area contributed by atoms with Crippen LogP contribution >= 0.6 is 0 Å². The molecule has 0 aliphatic heterocycles. The molecule has 2 aromatic carbocycles. The van der Waals surface area contributed by atoms with Crippen LogP contribution in [0.4, 0.5) is 10.1 Å². The van der Waals surface area contributed by atoms with Crippen molar-refractivity contribution in [1.29, 1.82) is 0 Å². The number of anilines is 1. The zero-order valence-corrected chi connectivity index (χ0v) is 11.8. The first-order chi connectivity index (χ1) is 8.97. The minimum Gasteiger partial charge on any atom is -0.396 e. The summed E-state index contributed by atoms with van der Waals surface area (Å²) in [5.74, 6) is -0.169. The van der Waals surface area contributed by atoms with E-state index >= 15 is 0 Å². The predicted molar refractivity (Wildman–Crippen MR) is 76.8 cm³/mol. The average Bonchev–Trinajstić information content (AvgIpc) is 2.36. The molecule has 0 aromatic heterocycles. The van der Waals surface area contributed by atoms with Crippen LogP contribution in [-0.4, -0.2) is 4.21 Å². The highest BCUT2D eigenvalue weighted by atomic mass is 32.2. The molecule has 2 rings (SSSR count). The van der Waals surface area contributed by atoms with E-state index in [1.165, 1.54) is 12.1 Å². The molecule has 0 aliphatic rings. The van der Waals surface area contributed by atoms with Gasteiger partial charge in [-0.1, -0.05) is 18.2 Å². The van der Waals surface area contributed by atoms with Crippen LogP contribution in [0.1, 0.15) is 16.7 Å². The van der Waals surface area contributed by atoms with Crippen LogP contribution in [0.25, 0.3) is 0 Å². The Morgan fingerprint density at radius 3 is 2.58 bits per heavy atom. The molecular weight excluding hydrogens is 261 g/mol. The van der Waals surface area contributed by atoms with Gasteiger partial charge in [0, 0.05) is 4.90 Å². The SMILES string of the molecule is Cc1ccc(C)c(S(=O)Cc2ccc(N)c(F)c2)c1. The highest BCUT2D eigenvalue weighted by Gasteiger charge is 2.10. The van der Waals surface area contributed by atoms with Gasteiger partial charge < -0.3 is 5.73 Å². The van der Waals surface area contributed by atoms with Gasteiger partial charge in [0.05, 0.1) is 22.2 Å². The molecule has 2 nitrogen and oxygen atoms in total. The summed E-state index contributed by atoms with van der Waals surface area (Å²) in [6.45, 7) is 3.89. The molecule has 0 saturated heterocycles. The molecule has 19 heavy (non-hydrogen) atoms. The van der Waals surface area contributed by atoms with Crippen molar-refractivity contribution < 1.29 is 8.60 Å². The number of aryl methyl sites for hydroxylation is 2. The van der Waals surface area contributed by atoms with Gasteiger partial charge in [-0.2, -0.15) is 0 Å². The highest BCUT2D eigenvalue weighted by Crippen LogP contribution is 2.20. The molecule has 2 N–H and O–H groups in total. The average molecular weight is 277 g/mol. The van der Waals surface area contributed by atoms with E-state index < -0.39 is 16.6 Å². The van der Waals surface area contributed by atoms with Gasteiger partial charge in [-0.3, -0.25) is 4.21 Å². The Bertz CT molecular complexity index is 640. The second-order valence-electron chi connectivity index (χ2n) is 4.61. The van der Waals surface area contributed by atoms with Gasteiger partial charge in [-0.05, 0) is 48.7 Å². The van der Waals surface area contributed by atoms with E-state index in [-0.39, 0.29) is 5.69 Å². The van der Waals surface area contributed by atoms with Crippen LogP contribution in [0.3, 0.4) is 0 Å². The van der Waals surface area contributed by atoms with E-state index in [0.717, 1.165) is 16.0 Å². The smallest absolute Gasteiger partial charge is 0.146 e. The van der Waals surface area contributed by atoms with Crippen LogP contribution in [0.5, 0.6) is 0 Å². The second kappa shape index (κ2) is 5.53. The zero-order valence-electron chi connectivity index (χ0n) is 10.9. The molecule has 0 radical (unpaired) electrons. The summed E-state index contributed by atoms with van der Waals surface area (Å²) < 4.78 is 25.7. The van der Waals surface area contributed by atoms with Gasteiger partial charge in [0.15, 0.2) is 0 Å². The third-order valence-corrected chi connectivity index (χ3v) is 4.48. The van der Waals surface area contributed by atoms with Gasteiger partial charge >= 0.3 is 0 Å². The Morgan fingerprint density at radius 1 is 1.16 bits per heavy atom. The Morgan fingerprint density at radius 2 is 1.89 bits per heavy atom. The number of hydrogen-bond donors (Lipinski definition) is 1. The van der Waals surface area contributed by atoms with Crippen molar-refractivity contribution in [3.8, 4) is 0 Å². The van der Waals surface area contributed by atoms with E-state index in [4.69, 9.17) is 5.73 Å². The quantitative estimate of drug-likeness (QED) is 0.874. The lowest BCUT2D eigenvalue weighted by Gasteiger charge is -2.08. The molecule has 0 bridgehead atoms. The van der Waals surface area contributed by atoms with Crippen molar-refractivity contribution in [2.75, 3.05) is 5.73 Å². The van der Waals surface area contributed by atoms with Crippen molar-refractivity contribution in [1.82, 2.24) is 0 Å². The zero-order chi connectivity index (χ0) is 14.0. The Hall–Kier alpha value is -1.68. The summed E-state index contributed by atoms with van der Waals surface area (Å²) in [6, 6.07) is 10.4. The van der Waals surface area contributed by atoms with Gasteiger partial charge in [0.2, 0.25) is 0 Å². The number of halogens is 1. The maximum absolute atomic E-state index is 13.4. The van der Waals surface area contributed by atoms with E-state index in [1.807, 2.05) is 32.0 Å². The summed E-state index contributed by atoms with van der Waals surface area (Å²) in [6.07, 6.45) is 0. The fourth-order valence-electron chi connectivity index (χ4n) is 1.84. The summed E-state index contributed by atoms with van der Waals surface area (Å²) in [7, 11) is -1.18. The second-order valence-corrected chi connectivity index (χ2v) is 6.03. The Balaban J connectivity index is 2.25. The fraction of sp³-hybridized carbons (Fsp3) is 0.200. The van der Waals surface area contributed by atoms with Crippen molar-refractivity contribution in [2.45, 2.75) is 24.5 Å². The van der Waals surface area contributed by atoms with Gasteiger partial charge in [-0.25, -0.2) is 4.39 Å². The van der Waals surface area contributed by atoms with Gasteiger partial charge in [0.1, 0.15) is 5.82 Å². The van der Waals surface area contributed by atoms with Crippen molar-refractivity contribution in [2.24, 2.45) is 0 Å². The number of hydrogen-bond acceptors (Lipinski definition) is 2. The van der Waals surface area contributed by atoms with Crippen molar-refractivity contribution in [3.63, 3.8) is 0 Å². The van der Waals surface area contributed by atoms with E-state index in [1.54, 1.807) is 6.07 Å². The number of rotatable bonds is 3. The number of benzene rings is 2. The maximum atomic E-state index is 13.4. The normalized spacial score (nSPS) is 12.4. The largest absolute Gasteiger partial charge is 0.396 e. The molecule has 0 amide bonds. The van der Waals surface area contributed by atoms with E-state index in [2.05, 4.69) is 0 Å². The first-order valence-corrected chi connectivity index (χ1v) is 7.29. The summed E-state index contributed by atoms with van der Waals surface area (Å²) in [4.78, 5) is 0.803. The topological polar surface area (TPSA) is 43.1 Å². The van der Waals surface area contributed by atoms with Crippen LogP contribution in [0.15, 0.2) is 41.3 Å². The number of nitrogens with two attached hydrogens (primary N) is 1. The van der Waals surface area contributed by atoms with Crippen LogP contribution in [0, 0.1) is 19.7 Å². The molecule has 100 valence electrons. The first-order valence-electron chi connectivity index (χ1n) is 5.97. The first kappa shape index (κ1) is 13.7. The van der Waals surface area contributed by atoms with Crippen molar-refractivity contribution >= 4 is 16.5 Å². The standard InChI is InChI=1S/C15H16FNOS/c1-10-3-4-11(2)15(7-10)19(18)9-12-5-6-14(17)13(16)8-12/h3-8H,9,17H2,1-2H3. The molecule has 0 fully saturated rings. The summed E-state index contributed by atoms with van der Waals surface area (Å²) >= 11 is 0. The minimum absolute atomic E-state index is 0.112. The predicted octanol–water partition coefficient (Wildman–Crippen LogP) is 3.33. The molecule has 4 heteroatoms. The fourth-order valence-corrected chi connectivity index (χ4v) is 3.22. The molecule has 0 spiro atoms. The summed E-state index contributed by atoms with van der Waals surface area (Å²) in [5.41, 5.74) is 8.28. The maximum Gasteiger partial charge on any atom is 0.146 e. The molecule has 0 heterocycles. The monoisotopic (exact) mass is 277 g/mol. The molecular formula is C15H16FNOS. The third kappa shape index (κ3) is 3.20. The third-order valence-electron chi connectivity index (χ3n) is 2.95. The molecule has 0 saturated carbocycles. The van der Waals surface area contributed by atoms with E-state index in [9.17, 15) is 8.60 Å². The summed E-state index contributed by atoms with van der Waals surface area (Å²) in [5, 5.41) is 0. The lowest BCUT2D eigenvalue weighted by atomic mass is 10.2. The van der Waals surface area contributed by atoms with Crippen molar-refractivity contribution in [3.05, 3.63) is 58.9 Å². The molecule has 0 aliphatic carbocycles. The van der Waals surface area contributed by atoms with E-state index in [0.29, 0.717) is 11.3 Å². The molecule has 1 atom stereocenters. The van der Waals surface area contributed by atoms with Crippen LogP contribution in [-0.2, 0) is 16.6 Å². The van der Waals surface area contributed by atoms with Gasteiger partial charge in [0.25, 0.3) is 0 Å². The lowest BCUT2D eigenvalue weighted by molar-refractivity contribution is 0.631. The molecule has 2 aromatic rings. The lowest BCUT2D eigenvalue weighted by Crippen LogP contribution is -2.01. The minimum atomic E-state index is -1.18. The Labute approximate surface area is 114 Å². The van der Waals surface area contributed by atoms with Crippen LogP contribution in [0.2, 0.25) is 0 Å². The highest BCUT2D eigenvalue weighted by molar-refractivity contribution is 7.84. The Kier molecular flexibility index (Phi) is 4.00. The number of nitrogen functional groups attached to an aromatic ring is 1. The molecule has 1 unspecified atom stereocenters. The van der Waals surface area contributed by atoms with Gasteiger partial charge in [-0.15, -0.1) is 0 Å². The van der Waals surface area contributed by atoms with Crippen LogP contribution < -0.4 is 5.73 Å².